The van der Waals surface area contributed by atoms with E-state index < -0.39 is 0 Å². The number of thioether (sulfide) groups is 1. The Morgan fingerprint density at radius 3 is 2.90 bits per heavy atom. The highest BCUT2D eigenvalue weighted by atomic mass is 32.2. The summed E-state index contributed by atoms with van der Waals surface area (Å²) in [6.45, 7) is 4.81. The van der Waals surface area contributed by atoms with Crippen LogP contribution in [0.2, 0.25) is 0 Å². The smallest absolute Gasteiger partial charge is 0.229 e. The predicted octanol–water partition coefficient (Wildman–Crippen LogP) is 2.66. The highest BCUT2D eigenvalue weighted by Crippen LogP contribution is 2.18. The van der Waals surface area contributed by atoms with Crippen LogP contribution in [0.15, 0.2) is 24.3 Å². The molecule has 1 saturated heterocycles. The van der Waals surface area contributed by atoms with Crippen molar-refractivity contribution < 1.29 is 9.53 Å². The van der Waals surface area contributed by atoms with Crippen molar-refractivity contribution in [1.29, 1.82) is 0 Å². The summed E-state index contributed by atoms with van der Waals surface area (Å²) < 4.78 is 7.69. The van der Waals surface area contributed by atoms with Crippen LogP contribution in [0.4, 0.5) is 5.95 Å². The number of likely N-dealkylation sites (tertiary alicyclic amines) is 1. The van der Waals surface area contributed by atoms with E-state index >= 15 is 0 Å². The highest BCUT2D eigenvalue weighted by Gasteiger charge is 2.11. The molecule has 1 amide bonds. The number of ether oxygens (including phenoxy) is 1. The number of rotatable bonds is 12. The number of aryl methyl sites for hydroxylation is 1. The monoisotopic (exact) mass is 446 g/mol. The van der Waals surface area contributed by atoms with Crippen molar-refractivity contribution in [3.63, 3.8) is 0 Å². The zero-order valence-corrected chi connectivity index (χ0v) is 19.4. The van der Waals surface area contributed by atoms with Gasteiger partial charge in [-0.05, 0) is 50.0 Å². The molecule has 1 aromatic heterocycles. The second kappa shape index (κ2) is 12.6. The van der Waals surface area contributed by atoms with Gasteiger partial charge in [0.05, 0.1) is 18.1 Å². The van der Waals surface area contributed by atoms with Crippen molar-refractivity contribution in [2.24, 2.45) is 7.05 Å². The number of amides is 1. The van der Waals surface area contributed by atoms with E-state index in [9.17, 15) is 4.79 Å². The Hall–Kier alpha value is -2.26. The molecule has 0 radical (unpaired) electrons. The van der Waals surface area contributed by atoms with Crippen molar-refractivity contribution in [1.82, 2.24) is 25.0 Å². The average molecular weight is 447 g/mol. The minimum absolute atomic E-state index is 0.0105. The van der Waals surface area contributed by atoms with Crippen LogP contribution in [0.3, 0.4) is 0 Å². The van der Waals surface area contributed by atoms with Crippen LogP contribution in [0, 0.1) is 0 Å². The lowest BCUT2D eigenvalue weighted by Gasteiger charge is -2.26. The number of hydrogen-bond donors (Lipinski definition) is 2. The van der Waals surface area contributed by atoms with Gasteiger partial charge in [0.25, 0.3) is 0 Å². The van der Waals surface area contributed by atoms with Gasteiger partial charge >= 0.3 is 0 Å². The average Bonchev–Trinajstić information content (AvgIpc) is 3.13. The molecule has 2 heterocycles. The third-order valence-electron chi connectivity index (χ3n) is 5.18. The first kappa shape index (κ1) is 23.4. The molecule has 2 aromatic rings. The van der Waals surface area contributed by atoms with Crippen LogP contribution >= 0.6 is 11.8 Å². The summed E-state index contributed by atoms with van der Waals surface area (Å²) in [6, 6.07) is 8.45. The predicted molar refractivity (Wildman–Crippen MR) is 125 cm³/mol. The third-order valence-corrected chi connectivity index (χ3v) is 6.10. The van der Waals surface area contributed by atoms with E-state index in [0.717, 1.165) is 37.0 Å². The molecule has 2 N–H and O–H groups in total. The molecule has 0 bridgehead atoms. The van der Waals surface area contributed by atoms with Gasteiger partial charge in [0.15, 0.2) is 5.82 Å². The first-order chi connectivity index (χ1) is 15.1. The molecule has 0 unspecified atom stereocenters. The molecule has 170 valence electrons. The Bertz CT molecular complexity index is 822. The summed E-state index contributed by atoms with van der Waals surface area (Å²) in [5, 5.41) is 10.3. The van der Waals surface area contributed by atoms with Crippen LogP contribution in [0.5, 0.6) is 5.75 Å². The lowest BCUT2D eigenvalue weighted by atomic mass is 10.1. The largest absolute Gasteiger partial charge is 0.494 e. The lowest BCUT2D eigenvalue weighted by Crippen LogP contribution is -2.29. The second-order valence-electron chi connectivity index (χ2n) is 7.75. The fourth-order valence-corrected chi connectivity index (χ4v) is 4.27. The summed E-state index contributed by atoms with van der Waals surface area (Å²) in [4.78, 5) is 18.3. The van der Waals surface area contributed by atoms with E-state index in [1.54, 1.807) is 11.7 Å². The van der Waals surface area contributed by atoms with Crippen molar-refractivity contribution >= 4 is 23.6 Å². The Morgan fingerprint density at radius 2 is 2.10 bits per heavy atom. The Balaban J connectivity index is 1.35. The number of hydrogen-bond acceptors (Lipinski definition) is 7. The molecule has 1 aromatic carbocycles. The van der Waals surface area contributed by atoms with Crippen LogP contribution in [-0.2, 0) is 24.1 Å². The molecule has 0 spiro atoms. The number of aromatic nitrogens is 3. The zero-order valence-electron chi connectivity index (χ0n) is 18.6. The van der Waals surface area contributed by atoms with Crippen molar-refractivity contribution in [2.45, 2.75) is 38.0 Å². The molecule has 9 heteroatoms. The van der Waals surface area contributed by atoms with Gasteiger partial charge < -0.3 is 15.4 Å². The van der Waals surface area contributed by atoms with Gasteiger partial charge in [0.1, 0.15) is 5.75 Å². The van der Waals surface area contributed by atoms with Crippen LogP contribution < -0.4 is 15.4 Å². The van der Waals surface area contributed by atoms with Gasteiger partial charge in [-0.15, -0.1) is 11.8 Å². The SMILES string of the molecule is CNC(=O)CSCc1nc(NCCCOc2cccc(CN3CCCCC3)c2)n(C)n1. The molecule has 1 aliphatic rings. The molecular formula is C22H34N6O2S. The highest BCUT2D eigenvalue weighted by molar-refractivity contribution is 7.99. The number of carbonyl (C=O) groups excluding carboxylic acids is 1. The normalized spacial score (nSPS) is 14.4. The standard InChI is InChI=1S/C22H34N6O2S/c1-23-21(29)17-31-16-20-25-22(27(2)26-20)24-10-7-13-30-19-9-6-8-18(14-19)15-28-11-4-3-5-12-28/h6,8-9,14H,3-5,7,10-13,15-17H2,1-2H3,(H,23,29)(H,24,25,26). The zero-order chi connectivity index (χ0) is 21.9. The Morgan fingerprint density at radius 1 is 1.26 bits per heavy atom. The van der Waals surface area contributed by atoms with E-state index in [1.165, 1.54) is 49.7 Å². The van der Waals surface area contributed by atoms with E-state index in [1.807, 2.05) is 13.1 Å². The lowest BCUT2D eigenvalue weighted by molar-refractivity contribution is -0.118. The summed E-state index contributed by atoms with van der Waals surface area (Å²) in [6.07, 6.45) is 4.85. The fraction of sp³-hybridized carbons (Fsp3) is 0.591. The number of nitrogens with zero attached hydrogens (tertiary/aromatic N) is 4. The maximum Gasteiger partial charge on any atom is 0.229 e. The van der Waals surface area contributed by atoms with Crippen molar-refractivity contribution in [2.75, 3.05) is 44.4 Å². The molecule has 0 aliphatic carbocycles. The van der Waals surface area contributed by atoms with Gasteiger partial charge in [-0.1, -0.05) is 18.6 Å². The van der Waals surface area contributed by atoms with Gasteiger partial charge in [0, 0.05) is 27.2 Å². The minimum atomic E-state index is 0.0105. The Kier molecular flexibility index (Phi) is 9.48. The maximum atomic E-state index is 11.3. The molecule has 3 rings (SSSR count). The van der Waals surface area contributed by atoms with Gasteiger partial charge in [-0.3, -0.25) is 9.69 Å². The third kappa shape index (κ3) is 8.06. The van der Waals surface area contributed by atoms with E-state index in [2.05, 4.69) is 43.8 Å². The number of anilines is 1. The number of benzene rings is 1. The molecule has 31 heavy (non-hydrogen) atoms. The van der Waals surface area contributed by atoms with Gasteiger partial charge in [-0.25, -0.2) is 4.68 Å². The van der Waals surface area contributed by atoms with Crippen LogP contribution in [0.1, 0.15) is 37.1 Å². The van der Waals surface area contributed by atoms with E-state index in [4.69, 9.17) is 4.74 Å². The van der Waals surface area contributed by atoms with Crippen molar-refractivity contribution in [3.8, 4) is 5.75 Å². The molecule has 0 atom stereocenters. The summed E-state index contributed by atoms with van der Waals surface area (Å²) in [7, 11) is 3.51. The first-order valence-corrected chi connectivity index (χ1v) is 12.2. The van der Waals surface area contributed by atoms with E-state index in [-0.39, 0.29) is 5.91 Å². The first-order valence-electron chi connectivity index (χ1n) is 11.0. The van der Waals surface area contributed by atoms with Gasteiger partial charge in [0.2, 0.25) is 11.9 Å². The number of carbonyl (C=O) groups is 1. The topological polar surface area (TPSA) is 84.3 Å². The summed E-state index contributed by atoms with van der Waals surface area (Å²) in [5.74, 6) is 3.42. The molecule has 8 nitrogen and oxygen atoms in total. The van der Waals surface area contributed by atoms with Gasteiger partial charge in [-0.2, -0.15) is 10.1 Å². The quantitative estimate of drug-likeness (QED) is 0.485. The number of nitrogens with one attached hydrogen (secondary N) is 2. The maximum absolute atomic E-state index is 11.3. The van der Waals surface area contributed by atoms with Crippen molar-refractivity contribution in [3.05, 3.63) is 35.7 Å². The molecular weight excluding hydrogens is 412 g/mol. The summed E-state index contributed by atoms with van der Waals surface area (Å²) >= 11 is 1.50. The second-order valence-corrected chi connectivity index (χ2v) is 8.74. The fourth-order valence-electron chi connectivity index (χ4n) is 3.53. The minimum Gasteiger partial charge on any atom is -0.494 e. The number of piperidine rings is 1. The molecule has 0 saturated carbocycles. The Labute approximate surface area is 189 Å². The van der Waals surface area contributed by atoms with E-state index in [0.29, 0.717) is 18.1 Å². The molecule has 1 fully saturated rings. The van der Waals surface area contributed by atoms with Crippen LogP contribution in [-0.4, -0.2) is 64.6 Å². The summed E-state index contributed by atoms with van der Waals surface area (Å²) in [5.41, 5.74) is 1.32. The van der Waals surface area contributed by atoms with Crippen LogP contribution in [0.25, 0.3) is 0 Å². The molecule has 1 aliphatic heterocycles.